The van der Waals surface area contributed by atoms with E-state index in [0.717, 1.165) is 34.4 Å². The Morgan fingerprint density at radius 1 is 0.667 bits per heavy atom. The monoisotopic (exact) mass is 851 g/mol. The number of aliphatic hydroxyl groups excluding tert-OH is 4. The van der Waals surface area contributed by atoms with Crippen molar-refractivity contribution in [2.24, 2.45) is 0 Å². The molecule has 0 radical (unpaired) electrons. The number of nitrogens with zero attached hydrogens (tertiary/aromatic N) is 8. The molecule has 2 aliphatic heterocycles. The molecule has 0 saturated carbocycles. The fraction of sp³-hybridized carbons (Fsp3) is 0.524. The van der Waals surface area contributed by atoms with Crippen molar-refractivity contribution < 1.29 is 89.8 Å². The third-order valence-electron chi connectivity index (χ3n) is 7.78. The van der Waals surface area contributed by atoms with Crippen molar-refractivity contribution in [1.29, 1.82) is 0 Å². The molecule has 6 rings (SSSR count). The van der Waals surface area contributed by atoms with Crippen LogP contribution in [0.15, 0.2) is 25.3 Å². The van der Waals surface area contributed by atoms with Crippen molar-refractivity contribution >= 4 is 64.8 Å². The third kappa shape index (κ3) is 7.97. The first-order chi connectivity index (χ1) is 25.1. The number of ether oxygens (including phenoxy) is 2. The molecule has 0 spiro atoms. The summed E-state index contributed by atoms with van der Waals surface area (Å²) >= 11 is 0. The van der Waals surface area contributed by atoms with Gasteiger partial charge in [0.05, 0.1) is 25.9 Å². The molecule has 0 aliphatic carbocycles. The number of aliphatic hydroxyl groups is 4. The van der Waals surface area contributed by atoms with Crippen molar-refractivity contribution in [2.75, 3.05) is 24.7 Å². The summed E-state index contributed by atoms with van der Waals surface area (Å²) in [4.78, 5) is 63.3. The molecule has 0 bridgehead atoms. The lowest BCUT2D eigenvalue weighted by atomic mass is 10.1. The number of nitrogen functional groups attached to an aromatic ring is 2. The van der Waals surface area contributed by atoms with Crippen LogP contribution in [-0.2, 0) is 45.4 Å². The maximum Gasteiger partial charge on any atom is 0.479 e. The largest absolute Gasteiger partial charge is 0.479 e. The van der Waals surface area contributed by atoms with Crippen LogP contribution < -0.4 is 11.5 Å². The number of hydrogen-bond acceptors (Lipinski definition) is 22. The molecule has 4 aromatic heterocycles. The van der Waals surface area contributed by atoms with Crippen LogP contribution in [0, 0.1) is 0 Å². The van der Waals surface area contributed by atoms with Gasteiger partial charge in [-0.25, -0.2) is 52.0 Å². The van der Waals surface area contributed by atoms with Crippen LogP contribution in [0.2, 0.25) is 0 Å². The fourth-order valence-corrected chi connectivity index (χ4v) is 11.5. The van der Waals surface area contributed by atoms with Crippen molar-refractivity contribution in [3.8, 4) is 0 Å². The van der Waals surface area contributed by atoms with E-state index in [-0.39, 0.29) is 34.0 Å². The van der Waals surface area contributed by atoms with Gasteiger partial charge in [0.1, 0.15) is 60.3 Å². The Morgan fingerprint density at radius 2 is 1.04 bits per heavy atom. The number of hydrogen-bond donors (Lipinski definition) is 10. The Hall–Kier alpha value is -3.01. The molecule has 0 amide bonds. The molecular formula is C21H29FN10O18P4. The number of phosphoric ester groups is 2. The van der Waals surface area contributed by atoms with Crippen LogP contribution in [0.1, 0.15) is 12.5 Å². The van der Waals surface area contributed by atoms with Gasteiger partial charge < -0.3 is 60.9 Å². The lowest BCUT2D eigenvalue weighted by Crippen LogP contribution is -2.33. The summed E-state index contributed by atoms with van der Waals surface area (Å²) < 4.78 is 94.8. The van der Waals surface area contributed by atoms with Crippen LogP contribution >= 0.6 is 30.8 Å². The summed E-state index contributed by atoms with van der Waals surface area (Å²) in [5.74, 6) is -0.0674. The number of aromatic nitrogens is 8. The van der Waals surface area contributed by atoms with Gasteiger partial charge in [0, 0.05) is 0 Å². The lowest BCUT2D eigenvalue weighted by Gasteiger charge is -2.24. The van der Waals surface area contributed by atoms with Crippen LogP contribution in [0.25, 0.3) is 22.3 Å². The molecule has 4 aromatic rings. The average Bonchev–Trinajstić information content (AvgIpc) is 3.84. The number of fused-ring (bicyclic) bond motifs is 2. The molecule has 298 valence electrons. The molecular weight excluding hydrogens is 822 g/mol. The van der Waals surface area contributed by atoms with Crippen LogP contribution in [0.5, 0.6) is 0 Å². The van der Waals surface area contributed by atoms with Gasteiger partial charge in [0.15, 0.2) is 35.4 Å². The summed E-state index contributed by atoms with van der Waals surface area (Å²) in [5, 5.41) is 41.8. The Bertz CT molecular complexity index is 2080. The van der Waals surface area contributed by atoms with Gasteiger partial charge in [0.2, 0.25) is 0 Å². The smallest absolute Gasteiger partial charge is 0.387 e. The second-order valence-corrected chi connectivity index (χ2v) is 18.7. The topological polar surface area (TPSA) is 425 Å². The first kappa shape index (κ1) is 40.6. The molecule has 6 heterocycles. The highest BCUT2D eigenvalue weighted by Crippen LogP contribution is 2.75. The second-order valence-electron chi connectivity index (χ2n) is 11.4. The summed E-state index contributed by atoms with van der Waals surface area (Å²) in [6.45, 7) is -2.36. The number of anilines is 2. The third-order valence-corrected chi connectivity index (χ3v) is 15.1. The number of nitrogens with two attached hydrogens (primary N) is 2. The zero-order valence-corrected chi connectivity index (χ0v) is 30.1. The van der Waals surface area contributed by atoms with Gasteiger partial charge in [-0.3, -0.25) is 27.3 Å². The van der Waals surface area contributed by atoms with E-state index in [1.54, 1.807) is 0 Å². The van der Waals surface area contributed by atoms with Gasteiger partial charge in [-0.2, -0.15) is 0 Å². The van der Waals surface area contributed by atoms with E-state index in [0.29, 0.717) is 0 Å². The fourth-order valence-electron chi connectivity index (χ4n) is 5.25. The van der Waals surface area contributed by atoms with Crippen molar-refractivity contribution in [3.63, 3.8) is 0 Å². The number of alkyl halides is 1. The predicted molar refractivity (Wildman–Crippen MR) is 170 cm³/mol. The second kappa shape index (κ2) is 14.8. The predicted octanol–water partition coefficient (Wildman–Crippen LogP) is -2.04. The molecule has 4 unspecified atom stereocenters. The van der Waals surface area contributed by atoms with Gasteiger partial charge >= 0.3 is 36.5 Å². The highest BCUT2D eigenvalue weighted by atomic mass is 31.3. The molecule has 54 heavy (non-hydrogen) atoms. The summed E-state index contributed by atoms with van der Waals surface area (Å²) in [6, 6.07) is 0. The maximum atomic E-state index is 15.0. The minimum atomic E-state index is -6.45. The Kier molecular flexibility index (Phi) is 11.2. The molecule has 2 aliphatic rings. The quantitative estimate of drug-likeness (QED) is 0.0611. The molecule has 2 fully saturated rings. The van der Waals surface area contributed by atoms with Crippen LogP contribution in [-0.4, -0.2) is 135 Å². The molecule has 12 atom stereocenters. The lowest BCUT2D eigenvalue weighted by molar-refractivity contribution is -0.0502. The average molecular weight is 851 g/mol. The highest BCUT2D eigenvalue weighted by molar-refractivity contribution is 7.77. The normalized spacial score (nSPS) is 31.2. The van der Waals surface area contributed by atoms with Crippen molar-refractivity contribution in [1.82, 2.24) is 39.0 Å². The number of phosphoric acid groups is 2. The first-order valence-corrected chi connectivity index (χ1v) is 21.0. The minimum Gasteiger partial charge on any atom is -0.387 e. The van der Waals surface area contributed by atoms with Crippen molar-refractivity contribution in [3.05, 3.63) is 25.3 Å². The van der Waals surface area contributed by atoms with Crippen molar-refractivity contribution in [2.45, 2.75) is 54.7 Å². The van der Waals surface area contributed by atoms with Gasteiger partial charge in [-0.05, 0) is 0 Å². The highest BCUT2D eigenvalue weighted by Gasteiger charge is 2.56. The van der Waals surface area contributed by atoms with E-state index < -0.39 is 98.8 Å². The Morgan fingerprint density at radius 3 is 1.41 bits per heavy atom. The van der Waals surface area contributed by atoms with E-state index >= 15 is 0 Å². The first-order valence-electron chi connectivity index (χ1n) is 14.7. The van der Waals surface area contributed by atoms with Gasteiger partial charge in [-0.1, -0.05) is 0 Å². The zero-order valence-electron chi connectivity index (χ0n) is 26.5. The number of halogens is 1. The molecule has 2 saturated heterocycles. The molecule has 28 nitrogen and oxygen atoms in total. The van der Waals surface area contributed by atoms with E-state index in [1.807, 2.05) is 0 Å². The van der Waals surface area contributed by atoms with E-state index in [2.05, 4.69) is 47.6 Å². The number of rotatable bonds is 14. The van der Waals surface area contributed by atoms with Crippen LogP contribution in [0.3, 0.4) is 0 Å². The zero-order chi connectivity index (χ0) is 39.5. The molecule has 33 heteroatoms. The molecule has 12 N–H and O–H groups in total. The van der Waals surface area contributed by atoms with Gasteiger partial charge in [-0.15, -0.1) is 0 Å². The van der Waals surface area contributed by atoms with Crippen LogP contribution in [0.4, 0.5) is 16.0 Å². The maximum absolute atomic E-state index is 15.0. The Labute approximate surface area is 298 Å². The summed E-state index contributed by atoms with van der Waals surface area (Å²) in [6.07, 6.45) is -9.04. The van der Waals surface area contributed by atoms with Gasteiger partial charge in [0.25, 0.3) is 0 Å². The SMILES string of the molecule is Nc1ncnc2c1ncn2[C@@H]1O[C@H](COP(=O)(O)OP(=O)(O)C([18F])P(=O)(O)OP(=O)(O)OC[C@H]2O[C@@H](n3cnc4c(N)ncnc43)[C@H](O)[C@@H]2O)[C@@H](O)[C@H]1O. The molecule has 0 aromatic carbocycles. The van der Waals surface area contributed by atoms with E-state index in [9.17, 15) is 62.7 Å². The Balaban J connectivity index is 1.04. The van der Waals surface area contributed by atoms with E-state index in [1.165, 1.54) is 0 Å². The summed E-state index contributed by atoms with van der Waals surface area (Å²) in [7, 11) is -24.7. The number of imidazole rings is 2. The minimum absolute atomic E-state index is 0.0337. The standard InChI is InChI=1S/C21H29FN10O18P4/c22-21(51(37,38)49-53(41,42)45-1-7-11(33)13(35)19(47-7)31-5-29-9-15(23)25-3-27-17(9)31)52(39,40)50-54(43,44)46-2-8-12(34)14(36)20(48-8)32-6-30-10-16(24)26-4-28-18(10)32/h3-8,11-14,19-21,33-36H,1-2H2,(H,37,38)(H,39,40)(H,41,42)(H,43,44)(H2,23,25,27)(H2,24,26,28)/t7-,8-,11-,12-,13-,14-,19-,20-/m1/s1/i22-1. The summed E-state index contributed by atoms with van der Waals surface area (Å²) in [5.41, 5.74) is 7.54. The van der Waals surface area contributed by atoms with E-state index in [4.69, 9.17) is 20.9 Å².